The van der Waals surface area contributed by atoms with Crippen LogP contribution in [0.1, 0.15) is 16.9 Å². The third kappa shape index (κ3) is 1.85. The molecule has 5 heteroatoms. The first-order valence-corrected chi connectivity index (χ1v) is 6.11. The first-order valence-electron chi connectivity index (χ1n) is 6.11. The van der Waals surface area contributed by atoms with E-state index in [1.54, 1.807) is 4.90 Å². The Labute approximate surface area is 106 Å². The van der Waals surface area contributed by atoms with Crippen molar-refractivity contribution in [3.63, 3.8) is 0 Å². The second kappa shape index (κ2) is 4.59. The number of anilines is 1. The van der Waals surface area contributed by atoms with Crippen molar-refractivity contribution in [1.29, 1.82) is 0 Å². The predicted molar refractivity (Wildman–Crippen MR) is 69.6 cm³/mol. The minimum atomic E-state index is -0.0333. The van der Waals surface area contributed by atoms with Crippen LogP contribution < -0.4 is 4.90 Å². The lowest BCUT2D eigenvalue weighted by atomic mass is 9.76. The summed E-state index contributed by atoms with van der Waals surface area (Å²) in [7, 11) is 0.605. The molecule has 0 aliphatic carbocycles. The van der Waals surface area contributed by atoms with Gasteiger partial charge in [0, 0.05) is 18.0 Å². The van der Waals surface area contributed by atoms with Gasteiger partial charge in [0.05, 0.1) is 6.61 Å². The van der Waals surface area contributed by atoms with Crippen molar-refractivity contribution in [2.75, 3.05) is 18.1 Å². The van der Waals surface area contributed by atoms with Gasteiger partial charge in [0.25, 0.3) is 0 Å². The topological polar surface area (TPSA) is 38.8 Å². The average Bonchev–Trinajstić information content (AvgIpc) is 3.06. The molecule has 1 aromatic carbocycles. The number of nitrogens with zero attached hydrogens (tertiary/aromatic N) is 1. The van der Waals surface area contributed by atoms with Gasteiger partial charge < -0.3 is 9.70 Å². The highest BCUT2D eigenvalue weighted by atomic mass is 17.2. The normalized spacial score (nSPS) is 21.6. The van der Waals surface area contributed by atoms with Gasteiger partial charge in [0.1, 0.15) is 0 Å². The fraction of sp³-hybridized carbons (Fsp3) is 0.308. The molecule has 4 nitrogen and oxygen atoms in total. The van der Waals surface area contributed by atoms with Gasteiger partial charge in [-0.15, -0.1) is 0 Å². The molecular weight excluding hydrogens is 229 g/mol. The summed E-state index contributed by atoms with van der Waals surface area (Å²) in [4.78, 5) is 23.3. The Balaban J connectivity index is 1.89. The van der Waals surface area contributed by atoms with Gasteiger partial charge in [-0.3, -0.25) is 9.68 Å². The van der Waals surface area contributed by atoms with Crippen LogP contribution in [-0.2, 0) is 20.9 Å². The summed E-state index contributed by atoms with van der Waals surface area (Å²) in [6, 6.07) is 6.22. The zero-order chi connectivity index (χ0) is 12.5. The van der Waals surface area contributed by atoms with Crippen LogP contribution in [0.15, 0.2) is 30.9 Å². The number of amides is 1. The van der Waals surface area contributed by atoms with Gasteiger partial charge in [0.2, 0.25) is 5.91 Å². The van der Waals surface area contributed by atoms with E-state index in [4.69, 9.17) is 9.69 Å². The van der Waals surface area contributed by atoms with E-state index in [1.165, 1.54) is 17.2 Å². The summed E-state index contributed by atoms with van der Waals surface area (Å²) in [6.45, 7) is 4.88. The molecule has 0 bridgehead atoms. The summed E-state index contributed by atoms with van der Waals surface area (Å²) >= 11 is 0. The second-order valence-electron chi connectivity index (χ2n) is 4.60. The molecule has 18 heavy (non-hydrogen) atoms. The highest BCUT2D eigenvalue weighted by Crippen LogP contribution is 2.32. The Morgan fingerprint density at radius 3 is 3.17 bits per heavy atom. The van der Waals surface area contributed by atoms with Crippen LogP contribution in [0.3, 0.4) is 0 Å². The van der Waals surface area contributed by atoms with Crippen molar-refractivity contribution in [3.8, 4) is 0 Å². The minimum absolute atomic E-state index is 0.0333. The van der Waals surface area contributed by atoms with Crippen LogP contribution in [0.25, 0.3) is 0 Å². The van der Waals surface area contributed by atoms with E-state index in [0.717, 1.165) is 18.7 Å². The molecule has 0 radical (unpaired) electrons. The molecule has 1 atom stereocenters. The Morgan fingerprint density at radius 2 is 2.44 bits per heavy atom. The lowest BCUT2D eigenvalue weighted by Crippen LogP contribution is -2.26. The fourth-order valence-corrected chi connectivity index (χ4v) is 2.52. The zero-order valence-electron chi connectivity index (χ0n) is 10.1. The van der Waals surface area contributed by atoms with E-state index < -0.39 is 0 Å². The highest BCUT2D eigenvalue weighted by molar-refractivity contribution is 6.30. The van der Waals surface area contributed by atoms with Crippen LogP contribution >= 0.6 is 0 Å². The highest BCUT2D eigenvalue weighted by Gasteiger charge is 2.26. The quantitative estimate of drug-likeness (QED) is 0.443. The standard InChI is InChI=1S/C13H14BNO3/c1-2-13(16)15-6-5-10-7-9(3-4-12(10)15)11-8-17-18-14-11/h2-4,7,11,14H,1,5-6,8H2. The maximum atomic E-state index is 11.7. The SMILES string of the molecule is C=CC(=O)N1CCc2cc(C3BOOC3)ccc21. The van der Waals surface area contributed by atoms with Gasteiger partial charge in [0.15, 0.2) is 0 Å². The number of carbonyl (C=O) groups excluding carboxylic acids is 1. The number of fused-ring (bicyclic) bond motifs is 1. The van der Waals surface area contributed by atoms with Crippen molar-refractivity contribution < 1.29 is 14.5 Å². The van der Waals surface area contributed by atoms with E-state index in [9.17, 15) is 4.79 Å². The molecule has 0 N–H and O–H groups in total. The molecule has 92 valence electrons. The van der Waals surface area contributed by atoms with Crippen molar-refractivity contribution in [1.82, 2.24) is 0 Å². The summed E-state index contributed by atoms with van der Waals surface area (Å²) in [5.41, 5.74) is 3.44. The molecular formula is C13H14BNO3. The molecule has 1 aromatic rings. The van der Waals surface area contributed by atoms with Gasteiger partial charge in [-0.1, -0.05) is 18.7 Å². The van der Waals surface area contributed by atoms with Crippen molar-refractivity contribution >= 4 is 19.1 Å². The summed E-state index contributed by atoms with van der Waals surface area (Å²) in [5, 5.41) is 0. The maximum Gasteiger partial charge on any atom is 0.333 e. The Hall–Kier alpha value is -1.59. The van der Waals surface area contributed by atoms with Crippen LogP contribution in [-0.4, -0.2) is 26.5 Å². The van der Waals surface area contributed by atoms with Crippen LogP contribution in [0.5, 0.6) is 0 Å². The van der Waals surface area contributed by atoms with E-state index in [0.29, 0.717) is 19.9 Å². The third-order valence-electron chi connectivity index (χ3n) is 3.53. The molecule has 1 saturated heterocycles. The number of carbonyl (C=O) groups is 1. The predicted octanol–water partition coefficient (Wildman–Crippen LogP) is 1.12. The lowest BCUT2D eigenvalue weighted by molar-refractivity contribution is -0.183. The van der Waals surface area contributed by atoms with Gasteiger partial charge in [-0.25, -0.2) is 0 Å². The molecule has 2 heterocycles. The second-order valence-corrected chi connectivity index (χ2v) is 4.60. The first kappa shape index (κ1) is 11.5. The molecule has 0 saturated carbocycles. The Kier molecular flexibility index (Phi) is 2.93. The molecule has 0 aromatic heterocycles. The minimum Gasteiger partial charge on any atom is -0.309 e. The zero-order valence-corrected chi connectivity index (χ0v) is 10.1. The van der Waals surface area contributed by atoms with E-state index in [2.05, 4.69) is 18.7 Å². The molecule has 0 spiro atoms. The summed E-state index contributed by atoms with van der Waals surface area (Å²) in [6.07, 6.45) is 2.26. The largest absolute Gasteiger partial charge is 0.333 e. The van der Waals surface area contributed by atoms with E-state index >= 15 is 0 Å². The van der Waals surface area contributed by atoms with Gasteiger partial charge >= 0.3 is 7.48 Å². The number of hydrogen-bond donors (Lipinski definition) is 0. The Bertz CT molecular complexity index is 497. The average molecular weight is 243 g/mol. The maximum absolute atomic E-state index is 11.7. The molecule has 1 fully saturated rings. The molecule has 2 aliphatic heterocycles. The lowest BCUT2D eigenvalue weighted by Gasteiger charge is -2.15. The Morgan fingerprint density at radius 1 is 1.56 bits per heavy atom. The van der Waals surface area contributed by atoms with Crippen molar-refractivity contribution in [3.05, 3.63) is 42.0 Å². The number of hydrogen-bond acceptors (Lipinski definition) is 3. The first-order chi connectivity index (χ1) is 8.79. The van der Waals surface area contributed by atoms with Crippen LogP contribution in [0, 0.1) is 0 Å². The third-order valence-corrected chi connectivity index (χ3v) is 3.53. The number of rotatable bonds is 2. The molecule has 1 unspecified atom stereocenters. The van der Waals surface area contributed by atoms with Gasteiger partial charge in [-0.05, 0) is 29.7 Å². The molecule has 1 amide bonds. The molecule has 3 rings (SSSR count). The van der Waals surface area contributed by atoms with Crippen LogP contribution in [0.2, 0.25) is 0 Å². The van der Waals surface area contributed by atoms with Crippen molar-refractivity contribution in [2.45, 2.75) is 12.2 Å². The van der Waals surface area contributed by atoms with E-state index in [-0.39, 0.29) is 5.91 Å². The summed E-state index contributed by atoms with van der Waals surface area (Å²) < 4.78 is 0. The van der Waals surface area contributed by atoms with Crippen LogP contribution in [0.4, 0.5) is 5.69 Å². The summed E-state index contributed by atoms with van der Waals surface area (Å²) in [5.74, 6) is 0.272. The van der Waals surface area contributed by atoms with E-state index in [1.807, 2.05) is 6.07 Å². The van der Waals surface area contributed by atoms with Crippen molar-refractivity contribution in [2.24, 2.45) is 0 Å². The monoisotopic (exact) mass is 243 g/mol. The molecule has 2 aliphatic rings. The number of benzene rings is 1. The fourth-order valence-electron chi connectivity index (χ4n) is 2.52. The smallest absolute Gasteiger partial charge is 0.309 e. The van der Waals surface area contributed by atoms with Gasteiger partial charge in [-0.2, -0.15) is 0 Å².